The van der Waals surface area contributed by atoms with Crippen LogP contribution in [0.3, 0.4) is 0 Å². The smallest absolute Gasteiger partial charge is 0.425 e. The normalized spacial score (nSPS) is 12.2. The molecule has 8 heteroatoms. The summed E-state index contributed by atoms with van der Waals surface area (Å²) in [6.07, 6.45) is 0.844. The summed E-state index contributed by atoms with van der Waals surface area (Å²) in [6.45, 7) is 8.79. The van der Waals surface area contributed by atoms with Crippen molar-refractivity contribution in [2.75, 3.05) is 4.90 Å². The molecule has 1 aromatic heterocycles. The first-order valence-corrected chi connectivity index (χ1v) is 7.36. The molecular weight excluding hydrogens is 314 g/mol. The Balaban J connectivity index is 3.07. The molecule has 2 N–H and O–H groups in total. The van der Waals surface area contributed by atoms with Crippen LogP contribution in [0.25, 0.3) is 0 Å². The lowest BCUT2D eigenvalue weighted by Crippen LogP contribution is -2.40. The second kappa shape index (κ2) is 7.29. The summed E-state index contributed by atoms with van der Waals surface area (Å²) in [5, 5.41) is 20.8. The number of aromatic nitrogens is 1. The third-order valence-corrected chi connectivity index (χ3v) is 3.21. The molecule has 1 heterocycles. The maximum Gasteiger partial charge on any atom is 0.425 e. The minimum absolute atomic E-state index is 0.0490. The van der Waals surface area contributed by atoms with Gasteiger partial charge in [-0.2, -0.15) is 4.90 Å². The molecule has 0 aromatic carbocycles. The second-order valence-electron chi connectivity index (χ2n) is 6.89. The van der Waals surface area contributed by atoms with Crippen LogP contribution in [0.15, 0.2) is 23.5 Å². The summed E-state index contributed by atoms with van der Waals surface area (Å²) in [4.78, 5) is 28.0. The van der Waals surface area contributed by atoms with E-state index in [1.54, 1.807) is 26.8 Å². The molecule has 0 atom stereocenters. The Hall–Kier alpha value is -2.64. The first-order valence-electron chi connectivity index (χ1n) is 7.36. The van der Waals surface area contributed by atoms with Crippen LogP contribution in [0.1, 0.15) is 46.6 Å². The lowest BCUT2D eigenvalue weighted by Gasteiger charge is -2.25. The maximum atomic E-state index is 12.1. The maximum absolute atomic E-state index is 12.1. The Morgan fingerprint density at radius 2 is 1.92 bits per heavy atom. The molecule has 0 bridgehead atoms. The molecule has 0 aliphatic rings. The summed E-state index contributed by atoms with van der Waals surface area (Å²) in [6, 6.07) is 3.11. The molecule has 24 heavy (non-hydrogen) atoms. The van der Waals surface area contributed by atoms with Crippen molar-refractivity contribution in [1.29, 1.82) is 0 Å². The molecule has 0 spiro atoms. The quantitative estimate of drug-likeness (QED) is 0.493. The number of carbonyl (C=O) groups is 2. The number of rotatable bonds is 4. The third-order valence-electron chi connectivity index (χ3n) is 3.21. The zero-order chi connectivity index (χ0) is 18.5. The first kappa shape index (κ1) is 19.4. The highest BCUT2D eigenvalue weighted by Gasteiger charge is 2.30. The molecule has 0 unspecified atom stereocenters. The second-order valence-corrected chi connectivity index (χ2v) is 6.89. The van der Waals surface area contributed by atoms with Crippen LogP contribution in [0.5, 0.6) is 0 Å². The van der Waals surface area contributed by atoms with E-state index in [4.69, 9.17) is 9.94 Å². The van der Waals surface area contributed by atoms with Crippen LogP contribution in [0.2, 0.25) is 0 Å². The van der Waals surface area contributed by atoms with Gasteiger partial charge in [-0.05, 0) is 44.2 Å². The molecule has 0 aliphatic carbocycles. The van der Waals surface area contributed by atoms with E-state index in [9.17, 15) is 14.7 Å². The van der Waals surface area contributed by atoms with Gasteiger partial charge in [0.05, 0.1) is 0 Å². The third kappa shape index (κ3) is 5.22. The summed E-state index contributed by atoms with van der Waals surface area (Å²) >= 11 is 0. The number of carbonyl (C=O) groups excluding carboxylic acids is 1. The number of anilines is 1. The molecule has 1 aromatic rings. The Labute approximate surface area is 140 Å². The van der Waals surface area contributed by atoms with Crippen LogP contribution >= 0.6 is 0 Å². The van der Waals surface area contributed by atoms with Gasteiger partial charge in [-0.1, -0.05) is 19.9 Å². The SMILES string of the molecule is CC(C)(C)OC(=O)N(C(=O)O)c1ccc(C(C)(C)C/C=N/O)cn1. The van der Waals surface area contributed by atoms with Crippen molar-refractivity contribution in [3.63, 3.8) is 0 Å². The van der Waals surface area contributed by atoms with Crippen molar-refractivity contribution < 1.29 is 24.6 Å². The average Bonchev–Trinajstić information content (AvgIpc) is 2.43. The fourth-order valence-electron chi connectivity index (χ4n) is 1.88. The van der Waals surface area contributed by atoms with Gasteiger partial charge in [0.25, 0.3) is 0 Å². The van der Waals surface area contributed by atoms with E-state index in [0.29, 0.717) is 11.3 Å². The van der Waals surface area contributed by atoms with Crippen LogP contribution < -0.4 is 4.90 Å². The number of nitrogens with zero attached hydrogens (tertiary/aromatic N) is 3. The number of amides is 2. The molecule has 0 fully saturated rings. The van der Waals surface area contributed by atoms with Gasteiger partial charge < -0.3 is 15.1 Å². The van der Waals surface area contributed by atoms with Gasteiger partial charge >= 0.3 is 12.2 Å². The minimum Gasteiger partial charge on any atom is -0.464 e. The molecule has 2 amide bonds. The number of hydrogen-bond donors (Lipinski definition) is 2. The van der Waals surface area contributed by atoms with E-state index in [1.807, 2.05) is 13.8 Å². The van der Waals surface area contributed by atoms with Crippen molar-refractivity contribution >= 4 is 24.2 Å². The Bertz CT molecular complexity index is 618. The highest BCUT2D eigenvalue weighted by molar-refractivity contribution is 6.07. The molecule has 0 aliphatic heterocycles. The number of imide groups is 1. The van der Waals surface area contributed by atoms with Crippen molar-refractivity contribution in [2.24, 2.45) is 5.16 Å². The summed E-state index contributed by atoms with van der Waals surface area (Å²) in [5.74, 6) is -0.0490. The molecule has 0 saturated carbocycles. The molecule has 132 valence electrons. The van der Waals surface area contributed by atoms with E-state index in [2.05, 4.69) is 10.1 Å². The summed E-state index contributed by atoms with van der Waals surface area (Å²) < 4.78 is 5.09. The Morgan fingerprint density at radius 1 is 1.29 bits per heavy atom. The Kier molecular flexibility index (Phi) is 5.89. The lowest BCUT2D eigenvalue weighted by atomic mass is 9.83. The molecule has 0 saturated heterocycles. The zero-order valence-electron chi connectivity index (χ0n) is 14.5. The van der Waals surface area contributed by atoms with Crippen LogP contribution in [0, 0.1) is 0 Å². The number of carboxylic acid groups (broad SMARTS) is 1. The molecule has 8 nitrogen and oxygen atoms in total. The van der Waals surface area contributed by atoms with Gasteiger partial charge in [-0.15, -0.1) is 5.16 Å². The summed E-state index contributed by atoms with van der Waals surface area (Å²) in [7, 11) is 0. The van der Waals surface area contributed by atoms with Gasteiger partial charge in [0.1, 0.15) is 11.4 Å². The standard InChI is InChI=1S/C16H23N3O5/c1-15(2,3)24-14(22)19(13(20)21)12-7-6-11(10-17-12)16(4,5)8-9-18-23/h6-7,9-10,23H,8H2,1-5H3,(H,20,21)/b18-9+. The number of pyridine rings is 1. The highest BCUT2D eigenvalue weighted by atomic mass is 16.6. The van der Waals surface area contributed by atoms with E-state index in [-0.39, 0.29) is 11.2 Å². The van der Waals surface area contributed by atoms with Crippen molar-refractivity contribution in [3.8, 4) is 0 Å². The predicted molar refractivity (Wildman–Crippen MR) is 88.9 cm³/mol. The number of hydrogen-bond acceptors (Lipinski definition) is 6. The lowest BCUT2D eigenvalue weighted by molar-refractivity contribution is 0.0581. The van der Waals surface area contributed by atoms with E-state index < -0.39 is 17.8 Å². The van der Waals surface area contributed by atoms with Gasteiger partial charge in [-0.3, -0.25) is 0 Å². The van der Waals surface area contributed by atoms with Gasteiger partial charge in [0, 0.05) is 12.4 Å². The van der Waals surface area contributed by atoms with Gasteiger partial charge in [-0.25, -0.2) is 14.6 Å². The molecular formula is C16H23N3O5. The van der Waals surface area contributed by atoms with Crippen molar-refractivity contribution in [1.82, 2.24) is 4.98 Å². The predicted octanol–water partition coefficient (Wildman–Crippen LogP) is 3.63. The Morgan fingerprint density at radius 3 is 2.33 bits per heavy atom. The summed E-state index contributed by atoms with van der Waals surface area (Å²) in [5.41, 5.74) is -0.380. The van der Waals surface area contributed by atoms with Crippen molar-refractivity contribution in [3.05, 3.63) is 23.9 Å². The zero-order valence-corrected chi connectivity index (χ0v) is 14.5. The van der Waals surface area contributed by atoms with Crippen LogP contribution in [-0.4, -0.2) is 39.3 Å². The average molecular weight is 337 g/mol. The van der Waals surface area contributed by atoms with Gasteiger partial charge in [0.2, 0.25) is 0 Å². The molecule has 1 rings (SSSR count). The number of oxime groups is 1. The topological polar surface area (TPSA) is 112 Å². The molecule has 0 radical (unpaired) electrons. The van der Waals surface area contributed by atoms with Crippen molar-refractivity contribution in [2.45, 2.75) is 52.1 Å². The largest absolute Gasteiger partial charge is 0.464 e. The fraction of sp³-hybridized carbons (Fsp3) is 0.500. The van der Waals surface area contributed by atoms with E-state index >= 15 is 0 Å². The number of ether oxygens (including phenoxy) is 1. The van der Waals surface area contributed by atoms with E-state index in [1.165, 1.54) is 18.5 Å². The fourth-order valence-corrected chi connectivity index (χ4v) is 1.88. The minimum atomic E-state index is -1.48. The monoisotopic (exact) mass is 337 g/mol. The van der Waals surface area contributed by atoms with Crippen LogP contribution in [-0.2, 0) is 10.2 Å². The van der Waals surface area contributed by atoms with E-state index in [0.717, 1.165) is 5.56 Å². The first-order chi connectivity index (χ1) is 11.0. The van der Waals surface area contributed by atoms with Gasteiger partial charge in [0.15, 0.2) is 0 Å². The van der Waals surface area contributed by atoms with Crippen LogP contribution in [0.4, 0.5) is 15.4 Å². The highest BCUT2D eigenvalue weighted by Crippen LogP contribution is 2.27.